The second kappa shape index (κ2) is 9.78. The summed E-state index contributed by atoms with van der Waals surface area (Å²) in [7, 11) is 0. The Kier molecular flexibility index (Phi) is 7.99. The largest absolute Gasteiger partial charge is 0.494 e. The smallest absolute Gasteiger partial charge is 0.269 e. The number of amides is 2. The van der Waals surface area contributed by atoms with Crippen molar-refractivity contribution in [3.63, 3.8) is 0 Å². The first kappa shape index (κ1) is 18.0. The molecule has 0 fully saturated rings. The van der Waals surface area contributed by atoms with Crippen molar-refractivity contribution >= 4 is 11.8 Å². The molecule has 122 valence electrons. The van der Waals surface area contributed by atoms with Crippen LogP contribution in [0.3, 0.4) is 0 Å². The zero-order valence-electron chi connectivity index (χ0n) is 13.3. The molecule has 6 heteroatoms. The standard InChI is InChI=1S/C16H24N2O4/c1-4-21-11-15(19)17-18-16(20)13-5-7-14(8-6-13)22-10-9-12(2)3/h5-8,12H,4,9-11H2,1-3H3,(H,17,19)(H,18,20). The Balaban J connectivity index is 2.38. The van der Waals surface area contributed by atoms with Crippen molar-refractivity contribution < 1.29 is 19.1 Å². The van der Waals surface area contributed by atoms with Gasteiger partial charge in [-0.05, 0) is 43.5 Å². The number of rotatable bonds is 8. The average molecular weight is 308 g/mol. The molecule has 1 rings (SSSR count). The number of hydrogen-bond acceptors (Lipinski definition) is 4. The van der Waals surface area contributed by atoms with E-state index in [1.807, 2.05) is 0 Å². The van der Waals surface area contributed by atoms with Crippen molar-refractivity contribution in [3.05, 3.63) is 29.8 Å². The molecule has 0 spiro atoms. The lowest BCUT2D eigenvalue weighted by atomic mass is 10.1. The van der Waals surface area contributed by atoms with Crippen LogP contribution in [-0.2, 0) is 9.53 Å². The molecule has 0 aliphatic heterocycles. The van der Waals surface area contributed by atoms with Crippen LogP contribution < -0.4 is 15.6 Å². The first-order valence-corrected chi connectivity index (χ1v) is 7.42. The normalized spacial score (nSPS) is 10.4. The van der Waals surface area contributed by atoms with Gasteiger partial charge in [-0.25, -0.2) is 0 Å². The summed E-state index contributed by atoms with van der Waals surface area (Å²) < 4.78 is 10.5. The lowest BCUT2D eigenvalue weighted by Gasteiger charge is -2.09. The summed E-state index contributed by atoms with van der Waals surface area (Å²) in [4.78, 5) is 23.1. The van der Waals surface area contributed by atoms with Gasteiger partial charge in [-0.3, -0.25) is 20.4 Å². The van der Waals surface area contributed by atoms with E-state index in [4.69, 9.17) is 9.47 Å². The molecule has 2 N–H and O–H groups in total. The number of hydrazine groups is 1. The predicted molar refractivity (Wildman–Crippen MR) is 83.5 cm³/mol. The summed E-state index contributed by atoms with van der Waals surface area (Å²) in [5.41, 5.74) is 5.05. The van der Waals surface area contributed by atoms with Crippen molar-refractivity contribution in [1.82, 2.24) is 10.9 Å². The van der Waals surface area contributed by atoms with E-state index >= 15 is 0 Å². The molecular weight excluding hydrogens is 284 g/mol. The van der Waals surface area contributed by atoms with E-state index in [1.165, 1.54) is 0 Å². The average Bonchev–Trinajstić information content (AvgIpc) is 2.51. The minimum atomic E-state index is -0.399. The third kappa shape index (κ3) is 7.08. The zero-order valence-corrected chi connectivity index (χ0v) is 13.3. The second-order valence-corrected chi connectivity index (χ2v) is 5.19. The Bertz CT molecular complexity index is 472. The molecule has 0 atom stereocenters. The van der Waals surface area contributed by atoms with Gasteiger partial charge in [-0.2, -0.15) is 0 Å². The maximum Gasteiger partial charge on any atom is 0.269 e. The van der Waals surface area contributed by atoms with Crippen LogP contribution in [0.15, 0.2) is 24.3 Å². The van der Waals surface area contributed by atoms with Crippen LogP contribution in [0.25, 0.3) is 0 Å². The summed E-state index contributed by atoms with van der Waals surface area (Å²) in [6, 6.07) is 6.76. The Morgan fingerprint density at radius 1 is 1.14 bits per heavy atom. The number of carbonyl (C=O) groups is 2. The minimum absolute atomic E-state index is 0.0839. The van der Waals surface area contributed by atoms with Gasteiger partial charge in [0.2, 0.25) is 0 Å². The molecule has 0 aromatic heterocycles. The zero-order chi connectivity index (χ0) is 16.4. The Hall–Kier alpha value is -2.08. The first-order chi connectivity index (χ1) is 10.5. The van der Waals surface area contributed by atoms with Crippen LogP contribution in [0.5, 0.6) is 5.75 Å². The summed E-state index contributed by atoms with van der Waals surface area (Å²) >= 11 is 0. The molecule has 0 radical (unpaired) electrons. The molecule has 0 heterocycles. The highest BCUT2D eigenvalue weighted by Crippen LogP contribution is 2.13. The molecule has 0 aliphatic rings. The number of nitrogens with one attached hydrogen (secondary N) is 2. The monoisotopic (exact) mass is 308 g/mol. The fourth-order valence-electron chi connectivity index (χ4n) is 1.54. The molecule has 1 aromatic rings. The summed E-state index contributed by atoms with van der Waals surface area (Å²) in [6.45, 7) is 7.07. The van der Waals surface area contributed by atoms with Gasteiger partial charge < -0.3 is 9.47 Å². The van der Waals surface area contributed by atoms with E-state index in [9.17, 15) is 9.59 Å². The molecule has 1 aromatic carbocycles. The first-order valence-electron chi connectivity index (χ1n) is 7.42. The molecule has 0 bridgehead atoms. The Labute approximate surface area is 131 Å². The molecule has 2 amide bonds. The summed E-state index contributed by atoms with van der Waals surface area (Å²) in [6.07, 6.45) is 0.980. The van der Waals surface area contributed by atoms with E-state index < -0.39 is 11.8 Å². The Morgan fingerprint density at radius 2 is 1.82 bits per heavy atom. The molecule has 0 saturated carbocycles. The maximum atomic E-state index is 11.8. The molecule has 22 heavy (non-hydrogen) atoms. The summed E-state index contributed by atoms with van der Waals surface area (Å²) in [5.74, 6) is 0.519. The van der Waals surface area contributed by atoms with Gasteiger partial charge in [0, 0.05) is 12.2 Å². The lowest BCUT2D eigenvalue weighted by Crippen LogP contribution is -2.43. The highest BCUT2D eigenvalue weighted by molar-refractivity contribution is 5.95. The van der Waals surface area contributed by atoms with Crippen molar-refractivity contribution in [2.24, 2.45) is 5.92 Å². The van der Waals surface area contributed by atoms with Gasteiger partial charge in [-0.15, -0.1) is 0 Å². The molecule has 0 saturated heterocycles. The third-order valence-electron chi connectivity index (χ3n) is 2.83. The second-order valence-electron chi connectivity index (χ2n) is 5.19. The predicted octanol–water partition coefficient (Wildman–Crippen LogP) is 1.91. The van der Waals surface area contributed by atoms with Crippen LogP contribution in [0.4, 0.5) is 0 Å². The third-order valence-corrected chi connectivity index (χ3v) is 2.83. The van der Waals surface area contributed by atoms with Crippen molar-refractivity contribution in [3.8, 4) is 5.75 Å². The fourth-order valence-corrected chi connectivity index (χ4v) is 1.54. The van der Waals surface area contributed by atoms with E-state index in [2.05, 4.69) is 24.7 Å². The van der Waals surface area contributed by atoms with E-state index in [1.54, 1.807) is 31.2 Å². The van der Waals surface area contributed by atoms with Crippen molar-refractivity contribution in [2.75, 3.05) is 19.8 Å². The number of ether oxygens (including phenoxy) is 2. The molecule has 0 unspecified atom stereocenters. The number of carbonyl (C=O) groups excluding carboxylic acids is 2. The highest BCUT2D eigenvalue weighted by Gasteiger charge is 2.07. The molecule has 6 nitrogen and oxygen atoms in total. The Morgan fingerprint density at radius 3 is 2.41 bits per heavy atom. The van der Waals surface area contributed by atoms with Crippen LogP contribution in [0, 0.1) is 5.92 Å². The molecule has 0 aliphatic carbocycles. The van der Waals surface area contributed by atoms with Crippen LogP contribution in [-0.4, -0.2) is 31.6 Å². The SMILES string of the molecule is CCOCC(=O)NNC(=O)c1ccc(OCCC(C)C)cc1. The van der Waals surface area contributed by atoms with Gasteiger partial charge in [-0.1, -0.05) is 13.8 Å². The number of benzene rings is 1. The molecular formula is C16H24N2O4. The van der Waals surface area contributed by atoms with Crippen molar-refractivity contribution in [1.29, 1.82) is 0 Å². The lowest BCUT2D eigenvalue weighted by molar-refractivity contribution is -0.126. The van der Waals surface area contributed by atoms with Gasteiger partial charge in [0.05, 0.1) is 6.61 Å². The number of hydrogen-bond donors (Lipinski definition) is 2. The van der Waals surface area contributed by atoms with Gasteiger partial charge >= 0.3 is 0 Å². The van der Waals surface area contributed by atoms with Crippen molar-refractivity contribution in [2.45, 2.75) is 27.2 Å². The van der Waals surface area contributed by atoms with Gasteiger partial charge in [0.25, 0.3) is 11.8 Å². The van der Waals surface area contributed by atoms with Crippen LogP contribution >= 0.6 is 0 Å². The topological polar surface area (TPSA) is 76.7 Å². The van der Waals surface area contributed by atoms with E-state index in [0.29, 0.717) is 24.7 Å². The summed E-state index contributed by atoms with van der Waals surface area (Å²) in [5, 5.41) is 0. The van der Waals surface area contributed by atoms with Crippen LogP contribution in [0.1, 0.15) is 37.6 Å². The van der Waals surface area contributed by atoms with Gasteiger partial charge in [0.1, 0.15) is 12.4 Å². The van der Waals surface area contributed by atoms with E-state index in [0.717, 1.165) is 12.2 Å². The highest BCUT2D eigenvalue weighted by atomic mass is 16.5. The van der Waals surface area contributed by atoms with Gasteiger partial charge in [0.15, 0.2) is 0 Å². The minimum Gasteiger partial charge on any atom is -0.494 e. The maximum absolute atomic E-state index is 11.8. The van der Waals surface area contributed by atoms with Crippen LogP contribution in [0.2, 0.25) is 0 Å². The quantitative estimate of drug-likeness (QED) is 0.719. The fraction of sp³-hybridized carbons (Fsp3) is 0.500. The van der Waals surface area contributed by atoms with E-state index in [-0.39, 0.29) is 6.61 Å².